The largest absolute Gasteiger partial charge is 0.310 e. The summed E-state index contributed by atoms with van der Waals surface area (Å²) in [6, 6.07) is 136. The molecule has 20 rings (SSSR count). The zero-order valence-electron chi connectivity index (χ0n) is 65.0. The molecule has 0 fully saturated rings. The minimum Gasteiger partial charge on any atom is -0.310 e. The van der Waals surface area contributed by atoms with E-state index in [4.69, 9.17) is 0 Å². The van der Waals surface area contributed by atoms with Crippen LogP contribution in [0.3, 0.4) is 0 Å². The van der Waals surface area contributed by atoms with Gasteiger partial charge in [-0.15, -0.1) is 0 Å². The van der Waals surface area contributed by atoms with Crippen molar-refractivity contribution in [2.24, 2.45) is 0 Å². The number of anilines is 6. The SMILES string of the molecule is CC(C)(C)c1cc(-c2ccccc2)c(N2c3cc(-c4c5ccccc5c(-c5ccc(-c6ccccc6)c6ccccc56)c5ccccc45)ccc3B3c4ccc(-n5c6ccccc6c6ccccc65)cc4N(c4c(-c5ccccc5)cc(C(C)(C)C)cc4-c4ccccc4)c4cc(C(C)(C)C)cc2c43)c(-c2ccccc2)c1. The molecule has 2 aliphatic rings. The maximum absolute atomic E-state index is 2.76. The number of rotatable bonds is 10. The Morgan fingerprint density at radius 1 is 0.223 bits per heavy atom. The molecule has 536 valence electrons. The number of hydrogen-bond donors (Lipinski definition) is 0. The van der Waals surface area contributed by atoms with E-state index in [0.717, 1.165) is 67.6 Å². The highest BCUT2D eigenvalue weighted by Crippen LogP contribution is 2.57. The average Bonchev–Trinajstić information content (AvgIpc) is 0.720. The molecular weight excluding hydrogens is 1350 g/mol. The van der Waals surface area contributed by atoms with Crippen LogP contribution in [0.2, 0.25) is 0 Å². The van der Waals surface area contributed by atoms with Gasteiger partial charge in [0.2, 0.25) is 0 Å². The van der Waals surface area contributed by atoms with E-state index in [1.807, 2.05) is 0 Å². The maximum atomic E-state index is 2.76. The number of benzene rings is 17. The molecule has 0 atom stereocenters. The maximum Gasteiger partial charge on any atom is 0.252 e. The third-order valence-electron chi connectivity index (χ3n) is 24.0. The highest BCUT2D eigenvalue weighted by Gasteiger charge is 2.47. The summed E-state index contributed by atoms with van der Waals surface area (Å²) >= 11 is 0. The van der Waals surface area contributed by atoms with Crippen LogP contribution in [0.15, 0.2) is 358 Å². The van der Waals surface area contributed by atoms with Gasteiger partial charge in [-0.2, -0.15) is 0 Å². The zero-order valence-corrected chi connectivity index (χ0v) is 65.0. The standard InChI is InChI=1S/C108H86BN3/c1-106(2,3)75-62-89(70-37-17-11-18-38-70)104(90(63-75)71-39-19-12-20-40-71)111-97-61-74(101-84-49-27-29-51-86(84)102(87-52-30-28-50-85(87)101)88-58-57-79(69-35-15-10-16-36-69)80-45-25-26-46-81(80)88)55-59-93(97)109-94-60-56-78(110-95-53-33-31-47-82(95)83-48-32-34-54-96(83)110)68-98(94)112(100-67-77(108(7,8)9)66-99(111)103(100)109)105-91(72-41-21-13-22-42-72)64-76(107(4,5)6)65-92(105)73-43-23-14-24-44-73/h10-68H,1-9H3. The van der Waals surface area contributed by atoms with E-state index >= 15 is 0 Å². The van der Waals surface area contributed by atoms with Gasteiger partial charge in [-0.3, -0.25) is 0 Å². The summed E-state index contributed by atoms with van der Waals surface area (Å²) in [6.45, 7) is 21.1. The van der Waals surface area contributed by atoms with E-state index in [0.29, 0.717) is 0 Å². The van der Waals surface area contributed by atoms with E-state index in [-0.39, 0.29) is 23.0 Å². The Hall–Kier alpha value is -13.0. The first-order valence-corrected chi connectivity index (χ1v) is 39.7. The first-order valence-electron chi connectivity index (χ1n) is 39.7. The van der Waals surface area contributed by atoms with E-state index in [1.54, 1.807) is 0 Å². The zero-order chi connectivity index (χ0) is 75.9. The van der Waals surface area contributed by atoms with Crippen molar-refractivity contribution in [3.05, 3.63) is 375 Å². The Morgan fingerprint density at radius 2 is 0.536 bits per heavy atom. The lowest BCUT2D eigenvalue weighted by atomic mass is 9.33. The van der Waals surface area contributed by atoms with Crippen LogP contribution in [0, 0.1) is 0 Å². The number of hydrogen-bond acceptors (Lipinski definition) is 2. The molecule has 3 heterocycles. The van der Waals surface area contributed by atoms with Crippen LogP contribution in [0.25, 0.3) is 138 Å². The number of aromatic nitrogens is 1. The predicted octanol–water partition coefficient (Wildman–Crippen LogP) is 27.9. The highest BCUT2D eigenvalue weighted by molar-refractivity contribution is 7.00. The fourth-order valence-corrected chi connectivity index (χ4v) is 18.5. The fourth-order valence-electron chi connectivity index (χ4n) is 18.5. The van der Waals surface area contributed by atoms with Gasteiger partial charge in [0.05, 0.1) is 22.4 Å². The van der Waals surface area contributed by atoms with Crippen LogP contribution in [0.4, 0.5) is 34.1 Å². The minimum absolute atomic E-state index is 0.200. The van der Waals surface area contributed by atoms with E-state index in [2.05, 4.69) is 435 Å². The Morgan fingerprint density at radius 3 is 0.938 bits per heavy atom. The lowest BCUT2D eigenvalue weighted by Gasteiger charge is -2.47. The van der Waals surface area contributed by atoms with Gasteiger partial charge in [-0.05, 0) is 204 Å². The van der Waals surface area contributed by atoms with Crippen LogP contribution in [-0.4, -0.2) is 11.3 Å². The number of fused-ring (bicyclic) bond motifs is 10. The van der Waals surface area contributed by atoms with Crippen molar-refractivity contribution in [3.63, 3.8) is 0 Å². The predicted molar refractivity (Wildman–Crippen MR) is 481 cm³/mol. The molecule has 0 aliphatic carbocycles. The lowest BCUT2D eigenvalue weighted by molar-refractivity contribution is 0.590. The third-order valence-corrected chi connectivity index (χ3v) is 24.0. The smallest absolute Gasteiger partial charge is 0.252 e. The quantitative estimate of drug-likeness (QED) is 0.0999. The van der Waals surface area contributed by atoms with Gasteiger partial charge in [0.1, 0.15) is 0 Å². The minimum atomic E-state index is -0.348. The summed E-state index contributed by atoms with van der Waals surface area (Å²) in [5.74, 6) is 0. The van der Waals surface area contributed by atoms with Crippen LogP contribution < -0.4 is 26.2 Å². The lowest BCUT2D eigenvalue weighted by Crippen LogP contribution is -2.61. The molecular formula is C108H86BN3. The van der Waals surface area contributed by atoms with Gasteiger partial charge >= 0.3 is 0 Å². The fraction of sp³-hybridized carbons (Fsp3) is 0.111. The topological polar surface area (TPSA) is 11.4 Å². The van der Waals surface area contributed by atoms with Crippen molar-refractivity contribution in [3.8, 4) is 83.6 Å². The monoisotopic (exact) mass is 1440 g/mol. The Labute approximate surface area is 658 Å². The van der Waals surface area contributed by atoms with Crippen molar-refractivity contribution in [2.45, 2.75) is 78.6 Å². The van der Waals surface area contributed by atoms with Gasteiger partial charge in [0, 0.05) is 61.5 Å². The molecule has 2 aliphatic heterocycles. The van der Waals surface area contributed by atoms with Crippen molar-refractivity contribution in [2.75, 3.05) is 9.80 Å². The molecule has 3 nitrogen and oxygen atoms in total. The molecule has 0 saturated heterocycles. The molecule has 17 aromatic carbocycles. The molecule has 0 N–H and O–H groups in total. The molecule has 0 unspecified atom stereocenters. The summed E-state index contributed by atoms with van der Waals surface area (Å²) in [7, 11) is 0. The molecule has 1 aromatic heterocycles. The Kier molecular flexibility index (Phi) is 16.1. The van der Waals surface area contributed by atoms with Crippen LogP contribution in [0.5, 0.6) is 0 Å². The van der Waals surface area contributed by atoms with Crippen LogP contribution in [0.1, 0.15) is 79.0 Å². The Bertz CT molecular complexity index is 6560. The summed E-state index contributed by atoms with van der Waals surface area (Å²) in [4.78, 5) is 5.50. The number of nitrogens with zero attached hydrogens (tertiary/aromatic N) is 3. The number of para-hydroxylation sites is 2. The van der Waals surface area contributed by atoms with Crippen molar-refractivity contribution in [1.82, 2.24) is 4.57 Å². The van der Waals surface area contributed by atoms with E-state index < -0.39 is 0 Å². The highest BCUT2D eigenvalue weighted by atomic mass is 15.2. The third kappa shape index (κ3) is 11.2. The normalized spacial score (nSPS) is 12.8. The second-order valence-corrected chi connectivity index (χ2v) is 33.9. The average molecular weight is 1440 g/mol. The molecule has 0 saturated carbocycles. The van der Waals surface area contributed by atoms with Crippen molar-refractivity contribution >= 4 is 111 Å². The summed E-state index contributed by atoms with van der Waals surface area (Å²) in [6.07, 6.45) is 0. The van der Waals surface area contributed by atoms with E-state index in [1.165, 1.54) is 137 Å². The first-order chi connectivity index (χ1) is 54.5. The van der Waals surface area contributed by atoms with Gasteiger partial charge in [-0.1, -0.05) is 353 Å². The van der Waals surface area contributed by atoms with Gasteiger partial charge < -0.3 is 14.4 Å². The second kappa shape index (κ2) is 26.4. The summed E-state index contributed by atoms with van der Waals surface area (Å²) < 4.78 is 2.51. The molecule has 0 spiro atoms. The molecule has 4 heteroatoms. The Balaban J connectivity index is 0.947. The van der Waals surface area contributed by atoms with Crippen LogP contribution >= 0.6 is 0 Å². The van der Waals surface area contributed by atoms with Crippen molar-refractivity contribution < 1.29 is 0 Å². The van der Waals surface area contributed by atoms with Gasteiger partial charge in [-0.25, -0.2) is 0 Å². The van der Waals surface area contributed by atoms with Gasteiger partial charge in [0.15, 0.2) is 0 Å². The summed E-state index contributed by atoms with van der Waals surface area (Å²) in [5.41, 5.74) is 33.6. The van der Waals surface area contributed by atoms with Crippen LogP contribution in [-0.2, 0) is 16.2 Å². The summed E-state index contributed by atoms with van der Waals surface area (Å²) in [5, 5.41) is 9.75. The molecule has 0 bridgehead atoms. The molecule has 0 radical (unpaired) electrons. The van der Waals surface area contributed by atoms with Gasteiger partial charge in [0.25, 0.3) is 6.71 Å². The van der Waals surface area contributed by atoms with E-state index in [9.17, 15) is 0 Å². The molecule has 18 aromatic rings. The second-order valence-electron chi connectivity index (χ2n) is 33.9. The molecule has 0 amide bonds. The van der Waals surface area contributed by atoms with Crippen molar-refractivity contribution in [1.29, 1.82) is 0 Å². The molecule has 112 heavy (non-hydrogen) atoms. The first kappa shape index (κ1) is 68.3.